The van der Waals surface area contributed by atoms with E-state index in [0.29, 0.717) is 13.2 Å². The number of nitrogens with zero attached hydrogens (tertiary/aromatic N) is 4. The Bertz CT molecular complexity index is 1060. The fourth-order valence-corrected chi connectivity index (χ4v) is 4.30. The number of hydrogen-bond donors (Lipinski definition) is 3. The number of amides is 1. The van der Waals surface area contributed by atoms with Crippen molar-refractivity contribution in [2.45, 2.75) is 65.8 Å². The second-order valence-corrected chi connectivity index (χ2v) is 7.86. The molecule has 1 saturated heterocycles. The monoisotopic (exact) mass is 417 g/mol. The van der Waals surface area contributed by atoms with E-state index in [1.807, 2.05) is 32.4 Å². The summed E-state index contributed by atoms with van der Waals surface area (Å²) in [6.45, 7) is 9.42. The number of aliphatic hydroxyl groups is 1. The predicted octanol–water partition coefficient (Wildman–Crippen LogP) is 0.368. The zero-order valence-corrected chi connectivity index (χ0v) is 17.5. The van der Waals surface area contributed by atoms with Crippen molar-refractivity contribution in [2.75, 3.05) is 6.61 Å². The summed E-state index contributed by atoms with van der Waals surface area (Å²) in [5.74, 6) is -1.10. The first-order valence-corrected chi connectivity index (χ1v) is 10.1. The highest BCUT2D eigenvalue weighted by molar-refractivity contribution is 5.96. The maximum atomic E-state index is 12.8. The molecule has 2 aromatic rings. The quantitative estimate of drug-likeness (QED) is 0.601. The molecule has 3 atom stereocenters. The zero-order chi connectivity index (χ0) is 21.7. The summed E-state index contributed by atoms with van der Waals surface area (Å²) in [5.41, 5.74) is 1.91. The van der Waals surface area contributed by atoms with Gasteiger partial charge in [-0.05, 0) is 27.7 Å². The van der Waals surface area contributed by atoms with Crippen molar-refractivity contribution in [1.29, 1.82) is 0 Å². The van der Waals surface area contributed by atoms with Gasteiger partial charge in [-0.15, -0.1) is 0 Å². The van der Waals surface area contributed by atoms with Crippen molar-refractivity contribution in [3.05, 3.63) is 44.6 Å². The Morgan fingerprint density at radius 1 is 1.37 bits per heavy atom. The van der Waals surface area contributed by atoms with Crippen molar-refractivity contribution in [1.82, 2.24) is 24.6 Å². The Hall–Kier alpha value is -2.69. The van der Waals surface area contributed by atoms with Crippen LogP contribution in [0.25, 0.3) is 0 Å². The van der Waals surface area contributed by atoms with E-state index in [0.717, 1.165) is 23.5 Å². The van der Waals surface area contributed by atoms with Crippen LogP contribution in [0, 0.1) is 13.8 Å². The van der Waals surface area contributed by atoms with Gasteiger partial charge in [0.25, 0.3) is 5.91 Å². The van der Waals surface area contributed by atoms with Gasteiger partial charge < -0.3 is 24.4 Å². The molecule has 1 unspecified atom stereocenters. The van der Waals surface area contributed by atoms with Crippen molar-refractivity contribution < 1.29 is 19.7 Å². The minimum Gasteiger partial charge on any atom is -0.503 e. The highest BCUT2D eigenvalue weighted by Gasteiger charge is 2.42. The van der Waals surface area contributed by atoms with Crippen molar-refractivity contribution >= 4 is 5.91 Å². The van der Waals surface area contributed by atoms with Crippen molar-refractivity contribution in [3.8, 4) is 5.75 Å². The molecular formula is C20H27N5O5. The lowest BCUT2D eigenvalue weighted by Crippen LogP contribution is -2.48. The summed E-state index contributed by atoms with van der Waals surface area (Å²) in [6.07, 6.45) is -0.349. The van der Waals surface area contributed by atoms with Crippen molar-refractivity contribution in [2.24, 2.45) is 0 Å². The smallest absolute Gasteiger partial charge is 0.276 e. The molecule has 0 saturated carbocycles. The Morgan fingerprint density at radius 2 is 2.10 bits per heavy atom. The van der Waals surface area contributed by atoms with Crippen LogP contribution < -0.4 is 10.7 Å². The first-order chi connectivity index (χ1) is 14.2. The largest absolute Gasteiger partial charge is 0.503 e. The number of aromatic hydroxyl groups is 1. The highest BCUT2D eigenvalue weighted by atomic mass is 16.5. The van der Waals surface area contributed by atoms with E-state index in [-0.39, 0.29) is 23.8 Å². The van der Waals surface area contributed by atoms with E-state index >= 15 is 0 Å². The van der Waals surface area contributed by atoms with Gasteiger partial charge in [-0.1, -0.05) is 0 Å². The topological polar surface area (TPSA) is 122 Å². The number of aryl methyl sites for hydroxylation is 2. The fourth-order valence-electron chi connectivity index (χ4n) is 4.30. The number of aromatic nitrogens is 3. The minimum atomic E-state index is -1.32. The van der Waals surface area contributed by atoms with Crippen LogP contribution in [0.5, 0.6) is 5.75 Å². The normalized spacial score (nSPS) is 21.6. The van der Waals surface area contributed by atoms with Gasteiger partial charge in [-0.2, -0.15) is 5.10 Å². The SMILES string of the molecule is CCn1nc(C)c(CNC(O)c2cn3c(c(O)c2=O)C(=O)N2[C@@H](C)CO[C@@H]2C3)c1C. The number of hydrogen-bond acceptors (Lipinski definition) is 7. The second-order valence-electron chi connectivity index (χ2n) is 7.86. The Morgan fingerprint density at radius 3 is 2.77 bits per heavy atom. The van der Waals surface area contributed by atoms with Crippen LogP contribution in [0.1, 0.15) is 53.1 Å². The van der Waals surface area contributed by atoms with Gasteiger partial charge in [-0.3, -0.25) is 19.6 Å². The van der Waals surface area contributed by atoms with E-state index in [2.05, 4.69) is 10.4 Å². The predicted molar refractivity (Wildman–Crippen MR) is 107 cm³/mol. The summed E-state index contributed by atoms with van der Waals surface area (Å²) in [7, 11) is 0. The molecule has 1 fully saturated rings. The lowest BCUT2D eigenvalue weighted by atomic mass is 10.1. The third kappa shape index (κ3) is 3.11. The number of fused-ring (bicyclic) bond motifs is 2. The molecular weight excluding hydrogens is 390 g/mol. The molecule has 0 aromatic carbocycles. The first kappa shape index (κ1) is 20.6. The van der Waals surface area contributed by atoms with Gasteiger partial charge in [0.1, 0.15) is 6.23 Å². The maximum absolute atomic E-state index is 12.8. The molecule has 4 rings (SSSR count). The number of carbonyl (C=O) groups is 1. The summed E-state index contributed by atoms with van der Waals surface area (Å²) >= 11 is 0. The van der Waals surface area contributed by atoms with Crippen LogP contribution >= 0.6 is 0 Å². The number of pyridine rings is 1. The van der Waals surface area contributed by atoms with Crippen LogP contribution in [-0.2, 0) is 24.4 Å². The molecule has 4 heterocycles. The molecule has 0 spiro atoms. The Kier molecular flexibility index (Phi) is 5.16. The van der Waals surface area contributed by atoms with E-state index < -0.39 is 29.5 Å². The molecule has 162 valence electrons. The van der Waals surface area contributed by atoms with Crippen LogP contribution in [0.4, 0.5) is 0 Å². The fraction of sp³-hybridized carbons (Fsp3) is 0.550. The summed E-state index contributed by atoms with van der Waals surface area (Å²) < 4.78 is 9.01. The molecule has 3 N–H and O–H groups in total. The number of nitrogens with one attached hydrogen (secondary N) is 1. The standard InChI is InChI=1S/C20H27N5O5/c1-5-24-12(4)13(11(3)22-24)6-21-19(28)14-7-23-8-15-25(10(2)9-30-15)20(29)16(23)18(27)17(14)26/h7,10,15,19,21,27-28H,5-6,8-9H2,1-4H3/t10-,15+,19?/m0/s1. The third-order valence-electron chi connectivity index (χ3n) is 5.99. The summed E-state index contributed by atoms with van der Waals surface area (Å²) in [6, 6.07) is -0.131. The Labute approximate surface area is 173 Å². The Balaban J connectivity index is 1.62. The molecule has 10 nitrogen and oxygen atoms in total. The lowest BCUT2D eigenvalue weighted by Gasteiger charge is -2.34. The molecule has 1 amide bonds. The lowest BCUT2D eigenvalue weighted by molar-refractivity contribution is 0.00600. The van der Waals surface area contributed by atoms with E-state index in [1.165, 1.54) is 10.8 Å². The van der Waals surface area contributed by atoms with Crippen LogP contribution in [-0.4, -0.2) is 54.2 Å². The number of carbonyl (C=O) groups excluding carboxylic acids is 1. The molecule has 0 radical (unpaired) electrons. The molecule has 30 heavy (non-hydrogen) atoms. The highest BCUT2D eigenvalue weighted by Crippen LogP contribution is 2.30. The molecule has 0 bridgehead atoms. The molecule has 2 aliphatic rings. The van der Waals surface area contributed by atoms with Crippen LogP contribution in [0.15, 0.2) is 11.0 Å². The summed E-state index contributed by atoms with van der Waals surface area (Å²) in [4.78, 5) is 27.1. The summed E-state index contributed by atoms with van der Waals surface area (Å²) in [5, 5.41) is 28.5. The second kappa shape index (κ2) is 7.53. The van der Waals surface area contributed by atoms with E-state index in [9.17, 15) is 19.8 Å². The molecule has 0 aliphatic carbocycles. The number of ether oxygens (including phenoxy) is 1. The average Bonchev–Trinajstić information content (AvgIpc) is 3.21. The van der Waals surface area contributed by atoms with Gasteiger partial charge in [0.15, 0.2) is 17.7 Å². The van der Waals surface area contributed by atoms with Crippen LogP contribution in [0.2, 0.25) is 0 Å². The maximum Gasteiger partial charge on any atom is 0.276 e. The van der Waals surface area contributed by atoms with Crippen LogP contribution in [0.3, 0.4) is 0 Å². The number of rotatable bonds is 5. The van der Waals surface area contributed by atoms with E-state index in [4.69, 9.17) is 4.74 Å². The van der Waals surface area contributed by atoms with Gasteiger partial charge in [0, 0.05) is 30.5 Å². The third-order valence-corrected chi connectivity index (χ3v) is 5.99. The van der Waals surface area contributed by atoms with Crippen molar-refractivity contribution in [3.63, 3.8) is 0 Å². The minimum absolute atomic E-state index is 0.0262. The molecule has 2 aliphatic heterocycles. The van der Waals surface area contributed by atoms with Gasteiger partial charge >= 0.3 is 0 Å². The number of aliphatic hydroxyl groups excluding tert-OH is 1. The van der Waals surface area contributed by atoms with Gasteiger partial charge in [-0.25, -0.2) is 0 Å². The van der Waals surface area contributed by atoms with Gasteiger partial charge in [0.05, 0.1) is 30.5 Å². The van der Waals surface area contributed by atoms with Gasteiger partial charge in [0.2, 0.25) is 5.43 Å². The first-order valence-electron chi connectivity index (χ1n) is 10.1. The molecule has 10 heteroatoms. The zero-order valence-electron chi connectivity index (χ0n) is 17.5. The van der Waals surface area contributed by atoms with E-state index in [1.54, 1.807) is 4.90 Å². The molecule has 2 aromatic heterocycles. The average molecular weight is 417 g/mol.